The van der Waals surface area contributed by atoms with Gasteiger partial charge in [0.1, 0.15) is 0 Å². The highest BCUT2D eigenvalue weighted by Crippen LogP contribution is 2.44. The summed E-state index contributed by atoms with van der Waals surface area (Å²) in [5.41, 5.74) is 12.5. The lowest BCUT2D eigenvalue weighted by Gasteiger charge is -2.17. The average molecular weight is 707 g/mol. The quantitative estimate of drug-likeness (QED) is 0.156. The summed E-state index contributed by atoms with van der Waals surface area (Å²) in [6, 6.07) is 76.4. The number of hydrogen-bond donors (Lipinski definition) is 0. The van der Waals surface area contributed by atoms with Crippen LogP contribution in [-0.4, -0.2) is 0 Å². The molecule has 0 atom stereocenters. The first kappa shape index (κ1) is 31.1. The smallest absolute Gasteiger partial charge is 0.00203 e. The van der Waals surface area contributed by atoms with Crippen molar-refractivity contribution in [1.29, 1.82) is 0 Å². The predicted molar refractivity (Wildman–Crippen MR) is 241 cm³/mol. The Kier molecular flexibility index (Phi) is 6.73. The molecular formula is C56H34. The summed E-state index contributed by atoms with van der Waals surface area (Å²) >= 11 is 0. The number of rotatable bonds is 5. The van der Waals surface area contributed by atoms with E-state index >= 15 is 0 Å². The maximum absolute atomic E-state index is 2.31. The molecule has 0 nitrogen and oxygen atoms in total. The molecule has 12 aromatic carbocycles. The Morgan fingerprint density at radius 1 is 0.161 bits per heavy atom. The van der Waals surface area contributed by atoms with Gasteiger partial charge >= 0.3 is 0 Å². The Labute approximate surface area is 325 Å². The van der Waals surface area contributed by atoms with E-state index < -0.39 is 0 Å². The van der Waals surface area contributed by atoms with E-state index in [4.69, 9.17) is 0 Å². The predicted octanol–water partition coefficient (Wildman–Crippen LogP) is 15.8. The molecule has 56 heavy (non-hydrogen) atoms. The molecule has 258 valence electrons. The van der Waals surface area contributed by atoms with Crippen LogP contribution in [-0.2, 0) is 0 Å². The van der Waals surface area contributed by atoms with Gasteiger partial charge in [-0.2, -0.15) is 0 Å². The Bertz CT molecular complexity index is 3180. The first-order valence-electron chi connectivity index (χ1n) is 19.5. The lowest BCUT2D eigenvalue weighted by Crippen LogP contribution is -1.90. The van der Waals surface area contributed by atoms with E-state index in [-0.39, 0.29) is 0 Å². The van der Waals surface area contributed by atoms with Crippen LogP contribution in [0.25, 0.3) is 120 Å². The van der Waals surface area contributed by atoms with Crippen molar-refractivity contribution in [2.75, 3.05) is 0 Å². The van der Waals surface area contributed by atoms with E-state index in [9.17, 15) is 0 Å². The van der Waals surface area contributed by atoms with Gasteiger partial charge in [0.05, 0.1) is 0 Å². The first-order valence-corrected chi connectivity index (χ1v) is 19.5. The Hall–Kier alpha value is -7.28. The van der Waals surface area contributed by atoms with E-state index in [1.165, 1.54) is 120 Å². The molecule has 0 radical (unpaired) electrons. The molecule has 0 spiro atoms. The molecule has 0 unspecified atom stereocenters. The third-order valence-electron chi connectivity index (χ3n) is 12.2. The van der Waals surface area contributed by atoms with Crippen LogP contribution in [0.5, 0.6) is 0 Å². The third kappa shape index (κ3) is 4.66. The number of hydrogen-bond acceptors (Lipinski definition) is 0. The second kappa shape index (κ2) is 12.1. The topological polar surface area (TPSA) is 0 Å². The normalized spacial score (nSPS) is 11.9. The van der Waals surface area contributed by atoms with Gasteiger partial charge in [0, 0.05) is 0 Å². The third-order valence-corrected chi connectivity index (χ3v) is 12.2. The van der Waals surface area contributed by atoms with Gasteiger partial charge < -0.3 is 0 Å². The molecule has 0 N–H and O–H groups in total. The van der Waals surface area contributed by atoms with E-state index in [0.29, 0.717) is 0 Å². The molecule has 0 aliphatic heterocycles. The fourth-order valence-corrected chi connectivity index (χ4v) is 9.53. The van der Waals surface area contributed by atoms with E-state index in [2.05, 4.69) is 206 Å². The van der Waals surface area contributed by atoms with Crippen molar-refractivity contribution >= 4 is 64.6 Å². The largest absolute Gasteiger partial charge is 0.0622 e. The van der Waals surface area contributed by atoms with Crippen molar-refractivity contribution in [2.24, 2.45) is 0 Å². The molecule has 0 saturated carbocycles. The monoisotopic (exact) mass is 706 g/mol. The second-order valence-corrected chi connectivity index (χ2v) is 15.2. The summed E-state index contributed by atoms with van der Waals surface area (Å²) in [5, 5.41) is 15.7. The van der Waals surface area contributed by atoms with Crippen molar-refractivity contribution in [3.63, 3.8) is 0 Å². The number of benzene rings is 12. The fourth-order valence-electron chi connectivity index (χ4n) is 9.53. The summed E-state index contributed by atoms with van der Waals surface area (Å²) in [5.74, 6) is 0. The van der Waals surface area contributed by atoms with Gasteiger partial charge in [-0.1, -0.05) is 206 Å². The molecule has 0 bridgehead atoms. The Balaban J connectivity index is 0.906. The highest BCUT2D eigenvalue weighted by atomic mass is 14.2. The summed E-state index contributed by atoms with van der Waals surface area (Å²) < 4.78 is 0. The summed E-state index contributed by atoms with van der Waals surface area (Å²) in [6.45, 7) is 0. The van der Waals surface area contributed by atoms with Gasteiger partial charge in [0.2, 0.25) is 0 Å². The van der Waals surface area contributed by atoms with Crippen LogP contribution >= 0.6 is 0 Å². The zero-order valence-electron chi connectivity index (χ0n) is 30.6. The minimum atomic E-state index is 1.22. The minimum absolute atomic E-state index is 1.22. The van der Waals surface area contributed by atoms with Crippen molar-refractivity contribution in [3.05, 3.63) is 206 Å². The summed E-state index contributed by atoms with van der Waals surface area (Å²) in [6.07, 6.45) is 0. The van der Waals surface area contributed by atoms with Crippen molar-refractivity contribution in [1.82, 2.24) is 0 Å². The standard InChI is InChI=1S/C56H34/c1-3-7-37(8-4-1)45-27-19-41-25-33-51-47(29-21-43-23-31-49(45)53(41)55(43)51)39-15-11-35(12-16-39)36-13-17-40(18-14-36)48-30-22-44-24-32-50-46(38-9-5-2-6-10-38)28-20-42-26-34-52(48)56(44)54(42)50/h1-34H. The maximum Gasteiger partial charge on any atom is -0.00203 e. The van der Waals surface area contributed by atoms with E-state index in [1.54, 1.807) is 0 Å². The molecule has 0 aliphatic rings. The molecule has 0 amide bonds. The van der Waals surface area contributed by atoms with Crippen molar-refractivity contribution in [3.8, 4) is 55.6 Å². The van der Waals surface area contributed by atoms with Crippen LogP contribution in [0, 0.1) is 0 Å². The summed E-state index contributed by atoms with van der Waals surface area (Å²) in [4.78, 5) is 0. The van der Waals surface area contributed by atoms with Gasteiger partial charge in [-0.3, -0.25) is 0 Å². The first-order chi connectivity index (χ1) is 27.8. The lowest BCUT2D eigenvalue weighted by atomic mass is 9.87. The fraction of sp³-hybridized carbons (Fsp3) is 0. The van der Waals surface area contributed by atoms with E-state index in [0.717, 1.165) is 0 Å². The molecule has 0 fully saturated rings. The molecule has 0 saturated heterocycles. The Morgan fingerprint density at radius 3 is 0.679 bits per heavy atom. The van der Waals surface area contributed by atoms with Gasteiger partial charge in [0.15, 0.2) is 0 Å². The van der Waals surface area contributed by atoms with Crippen LogP contribution in [0.2, 0.25) is 0 Å². The van der Waals surface area contributed by atoms with Crippen LogP contribution in [0.15, 0.2) is 206 Å². The highest BCUT2D eigenvalue weighted by molar-refractivity contribution is 6.29. The lowest BCUT2D eigenvalue weighted by molar-refractivity contribution is 1.60. The molecule has 0 aliphatic carbocycles. The molecule has 12 rings (SSSR count). The molecule has 0 heterocycles. The minimum Gasteiger partial charge on any atom is -0.0622 e. The van der Waals surface area contributed by atoms with Gasteiger partial charge in [-0.25, -0.2) is 0 Å². The second-order valence-electron chi connectivity index (χ2n) is 15.2. The van der Waals surface area contributed by atoms with Gasteiger partial charge in [-0.15, -0.1) is 0 Å². The van der Waals surface area contributed by atoms with E-state index in [1.807, 2.05) is 0 Å². The van der Waals surface area contributed by atoms with Gasteiger partial charge in [-0.05, 0) is 120 Å². The highest BCUT2D eigenvalue weighted by Gasteiger charge is 2.17. The maximum atomic E-state index is 2.31. The van der Waals surface area contributed by atoms with Gasteiger partial charge in [0.25, 0.3) is 0 Å². The van der Waals surface area contributed by atoms with Crippen LogP contribution in [0.4, 0.5) is 0 Å². The SMILES string of the molecule is c1ccc(-c2ccc3ccc4c(-c5ccc(-c6ccc(-c7ccc8ccc9c(-c%10ccccc%10)ccc%10ccc7c8c%109)cc6)cc5)ccc5ccc2c3c54)cc1. The van der Waals surface area contributed by atoms with Crippen LogP contribution in [0.1, 0.15) is 0 Å². The molecule has 12 aromatic rings. The zero-order valence-corrected chi connectivity index (χ0v) is 30.6. The summed E-state index contributed by atoms with van der Waals surface area (Å²) in [7, 11) is 0. The Morgan fingerprint density at radius 2 is 0.393 bits per heavy atom. The van der Waals surface area contributed by atoms with Crippen molar-refractivity contribution < 1.29 is 0 Å². The van der Waals surface area contributed by atoms with Crippen LogP contribution in [0.3, 0.4) is 0 Å². The molecule has 0 aromatic heterocycles. The van der Waals surface area contributed by atoms with Crippen molar-refractivity contribution in [2.45, 2.75) is 0 Å². The zero-order chi connectivity index (χ0) is 36.7. The average Bonchev–Trinajstić information content (AvgIpc) is 3.28. The molecule has 0 heteroatoms. The molecular weight excluding hydrogens is 673 g/mol. The van der Waals surface area contributed by atoms with Crippen LogP contribution < -0.4 is 0 Å².